The minimum Gasteiger partial charge on any atom is -0.480 e. The number of alkyl halides is 4. The van der Waals surface area contributed by atoms with Crippen LogP contribution >= 0.6 is 63.7 Å². The summed E-state index contributed by atoms with van der Waals surface area (Å²) < 4.78 is 0. The van der Waals surface area contributed by atoms with E-state index in [9.17, 15) is 29.1 Å². The summed E-state index contributed by atoms with van der Waals surface area (Å²) in [6, 6.07) is -1.22. The number of hydrogen-bond donors (Lipinski definition) is 1. The Labute approximate surface area is 242 Å². The summed E-state index contributed by atoms with van der Waals surface area (Å²) in [6.45, 7) is 0.240. The molecule has 6 aliphatic rings. The summed E-state index contributed by atoms with van der Waals surface area (Å²) in [5.74, 6) is -3.21. The Kier molecular flexibility index (Phi) is 6.56. The minimum absolute atomic E-state index is 0.0282. The fourth-order valence-electron chi connectivity index (χ4n) is 8.28. The van der Waals surface area contributed by atoms with Gasteiger partial charge in [-0.1, -0.05) is 63.7 Å². The zero-order valence-electron chi connectivity index (χ0n) is 19.1. The highest BCUT2D eigenvalue weighted by molar-refractivity contribution is 9.12. The maximum Gasteiger partial charge on any atom is 0.326 e. The van der Waals surface area contributed by atoms with Gasteiger partial charge < -0.3 is 5.11 Å². The van der Waals surface area contributed by atoms with Gasteiger partial charge >= 0.3 is 5.97 Å². The molecule has 1 N–H and O–H groups in total. The van der Waals surface area contributed by atoms with Crippen molar-refractivity contribution in [2.75, 3.05) is 6.54 Å². The zero-order chi connectivity index (χ0) is 25.8. The molecule has 196 valence electrons. The summed E-state index contributed by atoms with van der Waals surface area (Å²) in [6.07, 6.45) is 2.60. The summed E-state index contributed by atoms with van der Waals surface area (Å²) in [4.78, 5) is 67.7. The summed E-state index contributed by atoms with van der Waals surface area (Å²) in [5.41, 5.74) is 0. The fourth-order valence-corrected chi connectivity index (χ4v) is 12.0. The summed E-state index contributed by atoms with van der Waals surface area (Å²) in [5, 5.41) is 9.91. The molecule has 6 rings (SSSR count). The van der Waals surface area contributed by atoms with Gasteiger partial charge in [0.25, 0.3) is 0 Å². The number of amides is 4. The molecule has 8 nitrogen and oxygen atoms in total. The molecule has 4 saturated carbocycles. The monoisotopic (exact) mass is 754 g/mol. The molecule has 36 heavy (non-hydrogen) atoms. The van der Waals surface area contributed by atoms with Crippen LogP contribution in [0.4, 0.5) is 0 Å². The van der Waals surface area contributed by atoms with Crippen molar-refractivity contribution in [1.29, 1.82) is 0 Å². The maximum absolute atomic E-state index is 13.2. The van der Waals surface area contributed by atoms with Gasteiger partial charge in [0.05, 0.1) is 23.7 Å². The Morgan fingerprint density at radius 1 is 0.722 bits per heavy atom. The van der Waals surface area contributed by atoms with Gasteiger partial charge in [-0.2, -0.15) is 0 Å². The van der Waals surface area contributed by atoms with Crippen molar-refractivity contribution in [3.63, 3.8) is 0 Å². The Balaban J connectivity index is 1.09. The number of carboxylic acid groups (broad SMARTS) is 1. The van der Waals surface area contributed by atoms with Gasteiger partial charge in [-0.25, -0.2) is 4.79 Å². The number of nitrogens with zero attached hydrogens (tertiary/aromatic N) is 2. The third-order valence-electron chi connectivity index (χ3n) is 9.81. The molecule has 12 heteroatoms. The minimum atomic E-state index is -1.22. The van der Waals surface area contributed by atoms with Crippen LogP contribution in [-0.4, -0.2) is 76.4 Å². The van der Waals surface area contributed by atoms with Gasteiger partial charge in [-0.15, -0.1) is 0 Å². The summed E-state index contributed by atoms with van der Waals surface area (Å²) in [7, 11) is 0. The highest BCUT2D eigenvalue weighted by Gasteiger charge is 2.68. The molecule has 6 fully saturated rings. The number of likely N-dealkylation sites (tertiary alicyclic amines) is 2. The molecule has 0 aromatic rings. The normalized spacial score (nSPS) is 47.3. The molecule has 0 aromatic carbocycles. The number of halogens is 4. The zero-order valence-corrected chi connectivity index (χ0v) is 25.5. The van der Waals surface area contributed by atoms with E-state index in [1.54, 1.807) is 0 Å². The molecule has 2 saturated heterocycles. The Hall–Kier alpha value is -0.330. The van der Waals surface area contributed by atoms with Gasteiger partial charge in [0.15, 0.2) is 0 Å². The maximum atomic E-state index is 13.2. The number of rotatable bonds is 7. The van der Waals surface area contributed by atoms with Crippen molar-refractivity contribution >= 4 is 93.3 Å². The second-order valence-corrected chi connectivity index (χ2v) is 15.5. The lowest BCUT2D eigenvalue weighted by Crippen LogP contribution is -2.46. The van der Waals surface area contributed by atoms with E-state index in [1.807, 2.05) is 0 Å². The average molecular weight is 758 g/mol. The molecule has 2 aliphatic heterocycles. The SMILES string of the molecule is O=C(O)C(CCCCN1C(=O)C2C3CC(C(Br)C3Br)C2C1=O)N1C(=O)C2C3CC(C(Br)C3Br)C2C1=O. The molecule has 4 amide bonds. The van der Waals surface area contributed by atoms with Crippen molar-refractivity contribution in [2.24, 2.45) is 47.3 Å². The number of aliphatic carboxylic acids is 1. The number of imide groups is 2. The first kappa shape index (κ1) is 25.9. The van der Waals surface area contributed by atoms with Crippen molar-refractivity contribution in [1.82, 2.24) is 9.80 Å². The topological polar surface area (TPSA) is 112 Å². The van der Waals surface area contributed by atoms with Crippen LogP contribution in [0, 0.1) is 47.3 Å². The predicted molar refractivity (Wildman–Crippen MR) is 142 cm³/mol. The number of carboxylic acids is 1. The van der Waals surface area contributed by atoms with Crippen molar-refractivity contribution < 1.29 is 29.1 Å². The molecular weight excluding hydrogens is 732 g/mol. The van der Waals surface area contributed by atoms with Gasteiger partial charge in [0.1, 0.15) is 6.04 Å². The van der Waals surface area contributed by atoms with Crippen molar-refractivity contribution in [3.8, 4) is 0 Å². The van der Waals surface area contributed by atoms with E-state index in [1.165, 1.54) is 4.90 Å². The Morgan fingerprint density at radius 2 is 1.11 bits per heavy atom. The van der Waals surface area contributed by atoms with Crippen LogP contribution in [-0.2, 0) is 24.0 Å². The van der Waals surface area contributed by atoms with Crippen LogP contribution < -0.4 is 0 Å². The molecule has 4 aliphatic carbocycles. The smallest absolute Gasteiger partial charge is 0.326 e. The third kappa shape index (κ3) is 3.41. The lowest BCUT2D eigenvalue weighted by molar-refractivity contribution is -0.155. The van der Waals surface area contributed by atoms with E-state index in [-0.39, 0.29) is 91.4 Å². The van der Waals surface area contributed by atoms with Crippen LogP contribution in [0.2, 0.25) is 0 Å². The lowest BCUT2D eigenvalue weighted by atomic mass is 9.81. The molecule has 2 heterocycles. The first-order valence-electron chi connectivity index (χ1n) is 12.6. The van der Waals surface area contributed by atoms with Crippen LogP contribution in [0.3, 0.4) is 0 Å². The molecule has 0 aromatic heterocycles. The predicted octanol–water partition coefficient (Wildman–Crippen LogP) is 3.17. The van der Waals surface area contributed by atoms with Crippen molar-refractivity contribution in [2.45, 2.75) is 57.5 Å². The number of hydrogen-bond acceptors (Lipinski definition) is 5. The largest absolute Gasteiger partial charge is 0.480 e. The fraction of sp³-hybridized carbons (Fsp3) is 0.792. The van der Waals surface area contributed by atoms with E-state index in [0.717, 1.165) is 17.7 Å². The van der Waals surface area contributed by atoms with E-state index < -0.39 is 23.8 Å². The van der Waals surface area contributed by atoms with E-state index in [2.05, 4.69) is 63.7 Å². The molecule has 4 bridgehead atoms. The Morgan fingerprint density at radius 3 is 1.50 bits per heavy atom. The first-order valence-corrected chi connectivity index (χ1v) is 16.2. The number of fused-ring (bicyclic) bond motifs is 10. The quantitative estimate of drug-likeness (QED) is 0.243. The molecule has 0 radical (unpaired) electrons. The number of carbonyl (C=O) groups excluding carboxylic acids is 4. The van der Waals surface area contributed by atoms with E-state index in [0.29, 0.717) is 12.8 Å². The number of carbonyl (C=O) groups is 5. The Bertz CT molecular complexity index is 994. The highest BCUT2D eigenvalue weighted by Crippen LogP contribution is 2.61. The highest BCUT2D eigenvalue weighted by atomic mass is 79.9. The molecule has 0 spiro atoms. The average Bonchev–Trinajstić information content (AvgIpc) is 3.63. The van der Waals surface area contributed by atoms with E-state index in [4.69, 9.17) is 0 Å². The van der Waals surface area contributed by atoms with Gasteiger partial charge in [-0.3, -0.25) is 29.0 Å². The standard InChI is InChI=1S/C24H26Br4N2O6/c25-16-7-5-8(17(16)26)13-12(7)20(31)29(21(13)32)4-2-1-3-11(24(35)36)30-22(33)14-9-6-10(15(14)23(30)34)19(28)18(9)27/h7-19H,1-6H2,(H,35,36). The van der Waals surface area contributed by atoms with Gasteiger partial charge in [0, 0.05) is 25.9 Å². The van der Waals surface area contributed by atoms with Gasteiger partial charge in [0.2, 0.25) is 23.6 Å². The molecule has 13 unspecified atom stereocenters. The lowest BCUT2D eigenvalue weighted by Gasteiger charge is -2.28. The molecule has 13 atom stereocenters. The summed E-state index contributed by atoms with van der Waals surface area (Å²) >= 11 is 14.7. The van der Waals surface area contributed by atoms with Gasteiger partial charge in [-0.05, 0) is 55.8 Å². The van der Waals surface area contributed by atoms with Crippen LogP contribution in [0.15, 0.2) is 0 Å². The second-order valence-electron chi connectivity index (χ2n) is 11.2. The van der Waals surface area contributed by atoms with Crippen LogP contribution in [0.1, 0.15) is 32.1 Å². The van der Waals surface area contributed by atoms with Crippen LogP contribution in [0.25, 0.3) is 0 Å². The number of unbranched alkanes of at least 4 members (excludes halogenated alkanes) is 1. The second kappa shape index (κ2) is 9.11. The van der Waals surface area contributed by atoms with E-state index >= 15 is 0 Å². The first-order chi connectivity index (χ1) is 17.1. The van der Waals surface area contributed by atoms with Crippen LogP contribution in [0.5, 0.6) is 0 Å². The molecular formula is C24H26Br4N2O6. The third-order valence-corrected chi connectivity index (χ3v) is 16.2. The van der Waals surface area contributed by atoms with Crippen molar-refractivity contribution in [3.05, 3.63) is 0 Å².